The van der Waals surface area contributed by atoms with Crippen LogP contribution in [0.5, 0.6) is 0 Å². The predicted octanol–water partition coefficient (Wildman–Crippen LogP) is 3.55. The minimum Gasteiger partial charge on any atom is -0.381 e. The second kappa shape index (κ2) is 26.0. The first-order valence-electron chi connectivity index (χ1n) is 22.3. The molecule has 4 fully saturated rings. The van der Waals surface area contributed by atoms with Crippen molar-refractivity contribution < 1.29 is 38.2 Å². The van der Waals surface area contributed by atoms with E-state index < -0.39 is 0 Å². The summed E-state index contributed by atoms with van der Waals surface area (Å²) in [6, 6.07) is 6.01. The van der Waals surface area contributed by atoms with Crippen molar-refractivity contribution in [1.29, 1.82) is 0 Å². The average Bonchev–Trinajstić information content (AvgIpc) is 4.01. The van der Waals surface area contributed by atoms with Crippen LogP contribution in [0.4, 0.5) is 9.59 Å². The molecule has 4 heterocycles. The fourth-order valence-electron chi connectivity index (χ4n) is 7.94. The van der Waals surface area contributed by atoms with E-state index in [9.17, 15) is 28.8 Å². The van der Waals surface area contributed by atoms with Crippen LogP contribution >= 0.6 is 23.5 Å². The van der Waals surface area contributed by atoms with Gasteiger partial charge in [-0.25, -0.2) is 9.59 Å². The maximum Gasteiger partial charge on any atom is 0.315 e. The smallest absolute Gasteiger partial charge is 0.315 e. The van der Waals surface area contributed by atoms with Crippen molar-refractivity contribution in [3.8, 4) is 0 Å². The lowest BCUT2D eigenvalue weighted by molar-refractivity contribution is -0.122. The van der Waals surface area contributed by atoms with E-state index in [1.807, 2.05) is 49.5 Å². The molecule has 16 nitrogen and oxygen atoms in total. The van der Waals surface area contributed by atoms with Crippen LogP contribution in [-0.4, -0.2) is 134 Å². The number of fused-ring (bicyclic) bond motifs is 2. The summed E-state index contributed by atoms with van der Waals surface area (Å²) in [5.41, 5.74) is 1.78. The zero-order chi connectivity index (χ0) is 43.4. The van der Waals surface area contributed by atoms with Crippen molar-refractivity contribution in [1.82, 2.24) is 42.5 Å². The van der Waals surface area contributed by atoms with Gasteiger partial charge in [0.1, 0.15) is 0 Å². The SMILES string of the molecule is CC(C)c1cc(C(=O)NCCCOCCCNC(=O)CCCCC2SCC3NC(=O)NC32)cc(C(=O)NCCCOCCCNC(=O)CCCCC2SCC3NC(=O)NC32)c1. The van der Waals surface area contributed by atoms with E-state index in [0.29, 0.717) is 113 Å². The van der Waals surface area contributed by atoms with Gasteiger partial charge in [-0.1, -0.05) is 26.7 Å². The fraction of sp³-hybridized carbons (Fsp3) is 0.721. The zero-order valence-corrected chi connectivity index (χ0v) is 37.5. The quantitative estimate of drug-likeness (QED) is 0.0433. The number of hydrogen-bond acceptors (Lipinski definition) is 10. The molecule has 0 spiro atoms. The summed E-state index contributed by atoms with van der Waals surface area (Å²) in [6.07, 6.45) is 9.24. The standard InChI is InChI=1S/C43H68N8O8S2/c1-28(2)29-23-30(40(54)46-17-9-21-58-19-7-15-44-36(52)13-5-3-11-34-38-32(26-60-34)48-42(56)50-38)25-31(24-29)41(55)47-18-10-22-59-20-8-16-45-37(53)14-6-4-12-35-39-33(27-61-35)49-43(57)51-39/h23-25,28,32-35,38-39H,3-22,26-27H2,1-2H3,(H,44,52)(H,45,53)(H,46,54)(H,47,55)(H2,48,50,56)(H2,49,51,57). The van der Waals surface area contributed by atoms with Gasteiger partial charge in [-0.3, -0.25) is 19.2 Å². The molecule has 5 rings (SSSR count). The Bertz CT molecular complexity index is 1510. The molecule has 0 saturated carbocycles. The van der Waals surface area contributed by atoms with Gasteiger partial charge in [0, 0.05) is 98.6 Å². The summed E-state index contributed by atoms with van der Waals surface area (Å²) in [6.45, 7) is 8.02. The molecule has 6 unspecified atom stereocenters. The summed E-state index contributed by atoms with van der Waals surface area (Å²) in [7, 11) is 0. The summed E-state index contributed by atoms with van der Waals surface area (Å²) in [5.74, 6) is 1.63. The molecular formula is C43H68N8O8S2. The normalized spacial score (nSPS) is 22.5. The molecule has 8 amide bonds. The number of carbonyl (C=O) groups is 6. The van der Waals surface area contributed by atoms with Gasteiger partial charge in [-0.05, 0) is 81.0 Å². The topological polar surface area (TPSA) is 217 Å². The molecule has 0 aromatic heterocycles. The average molecular weight is 889 g/mol. The Morgan fingerprint density at radius 2 is 1.00 bits per heavy atom. The lowest BCUT2D eigenvalue weighted by Crippen LogP contribution is -2.36. The van der Waals surface area contributed by atoms with E-state index in [2.05, 4.69) is 42.5 Å². The van der Waals surface area contributed by atoms with Crippen LogP contribution in [-0.2, 0) is 19.1 Å². The first-order chi connectivity index (χ1) is 29.6. The first kappa shape index (κ1) is 48.3. The molecular weight excluding hydrogens is 821 g/mol. The predicted molar refractivity (Wildman–Crippen MR) is 239 cm³/mol. The van der Waals surface area contributed by atoms with Gasteiger partial charge in [-0.15, -0.1) is 0 Å². The number of benzene rings is 1. The van der Waals surface area contributed by atoms with Gasteiger partial charge in [0.05, 0.1) is 24.2 Å². The first-order valence-corrected chi connectivity index (χ1v) is 24.4. The third-order valence-corrected chi connectivity index (χ3v) is 14.4. The fourth-order valence-corrected chi connectivity index (χ4v) is 11.0. The third kappa shape index (κ3) is 16.5. The summed E-state index contributed by atoms with van der Waals surface area (Å²) < 4.78 is 11.4. The van der Waals surface area contributed by atoms with Gasteiger partial charge in [0.15, 0.2) is 0 Å². The molecule has 6 atom stereocenters. The largest absolute Gasteiger partial charge is 0.381 e. The molecule has 1 aromatic rings. The minimum atomic E-state index is -0.243. The van der Waals surface area contributed by atoms with Gasteiger partial charge >= 0.3 is 12.1 Å². The summed E-state index contributed by atoms with van der Waals surface area (Å²) >= 11 is 3.79. The highest BCUT2D eigenvalue weighted by Gasteiger charge is 2.43. The van der Waals surface area contributed by atoms with E-state index in [4.69, 9.17) is 9.47 Å². The Morgan fingerprint density at radius 3 is 1.41 bits per heavy atom. The van der Waals surface area contributed by atoms with Crippen LogP contribution in [0.2, 0.25) is 0 Å². The Kier molecular flexibility index (Phi) is 20.6. The Labute approximate surface area is 369 Å². The maximum absolute atomic E-state index is 13.0. The Hall–Kier alpha value is -3.74. The van der Waals surface area contributed by atoms with Crippen molar-refractivity contribution in [2.75, 3.05) is 64.1 Å². The van der Waals surface area contributed by atoms with Crippen molar-refractivity contribution >= 4 is 59.2 Å². The molecule has 4 aliphatic rings. The summed E-state index contributed by atoms with van der Waals surface area (Å²) in [5, 5.41) is 24.5. The number of rotatable bonds is 29. The molecule has 0 aliphatic carbocycles. The van der Waals surface area contributed by atoms with Crippen LogP contribution in [0.15, 0.2) is 18.2 Å². The highest BCUT2D eigenvalue weighted by Crippen LogP contribution is 2.34. The number of unbranched alkanes of at least 4 members (excludes halogenated alkanes) is 2. The van der Waals surface area contributed by atoms with Gasteiger partial charge < -0.3 is 52.0 Å². The van der Waals surface area contributed by atoms with Crippen LogP contribution in [0.25, 0.3) is 0 Å². The van der Waals surface area contributed by atoms with Gasteiger partial charge in [0.25, 0.3) is 11.8 Å². The molecule has 1 aromatic carbocycles. The van der Waals surface area contributed by atoms with Crippen molar-refractivity contribution in [3.05, 3.63) is 34.9 Å². The number of thioether (sulfide) groups is 2. The molecule has 340 valence electrons. The van der Waals surface area contributed by atoms with Crippen LogP contribution < -0.4 is 42.5 Å². The Balaban J connectivity index is 0.829. The van der Waals surface area contributed by atoms with Crippen molar-refractivity contribution in [2.24, 2.45) is 0 Å². The lowest BCUT2D eigenvalue weighted by atomic mass is 9.97. The molecule has 61 heavy (non-hydrogen) atoms. The molecule has 8 N–H and O–H groups in total. The van der Waals surface area contributed by atoms with E-state index >= 15 is 0 Å². The number of ether oxygens (including phenoxy) is 2. The maximum atomic E-state index is 13.0. The highest BCUT2D eigenvalue weighted by atomic mass is 32.2. The molecule has 0 bridgehead atoms. The number of hydrogen-bond donors (Lipinski definition) is 8. The van der Waals surface area contributed by atoms with E-state index in [1.165, 1.54) is 0 Å². The molecule has 4 saturated heterocycles. The number of amides is 8. The molecule has 0 radical (unpaired) electrons. The van der Waals surface area contributed by atoms with E-state index in [-0.39, 0.29) is 65.8 Å². The van der Waals surface area contributed by atoms with E-state index in [1.54, 1.807) is 6.07 Å². The van der Waals surface area contributed by atoms with E-state index in [0.717, 1.165) is 55.6 Å². The highest BCUT2D eigenvalue weighted by molar-refractivity contribution is 8.00. The summed E-state index contributed by atoms with van der Waals surface area (Å²) in [4.78, 5) is 73.6. The number of urea groups is 2. The van der Waals surface area contributed by atoms with Crippen molar-refractivity contribution in [3.63, 3.8) is 0 Å². The third-order valence-electron chi connectivity index (χ3n) is 11.4. The lowest BCUT2D eigenvalue weighted by Gasteiger charge is -2.16. The molecule has 4 aliphatic heterocycles. The van der Waals surface area contributed by atoms with Crippen LogP contribution in [0.1, 0.15) is 123 Å². The minimum absolute atomic E-state index is 0.0472. The second-order valence-corrected chi connectivity index (χ2v) is 19.1. The van der Waals surface area contributed by atoms with Crippen molar-refractivity contribution in [2.45, 2.75) is 131 Å². The van der Waals surface area contributed by atoms with Crippen LogP contribution in [0.3, 0.4) is 0 Å². The number of nitrogens with one attached hydrogen (secondary N) is 8. The molecule has 18 heteroatoms. The Morgan fingerprint density at radius 1 is 0.590 bits per heavy atom. The monoisotopic (exact) mass is 888 g/mol. The number of carbonyl (C=O) groups excluding carboxylic acids is 6. The second-order valence-electron chi connectivity index (χ2n) is 16.6. The van der Waals surface area contributed by atoms with Gasteiger partial charge in [-0.2, -0.15) is 23.5 Å². The zero-order valence-electron chi connectivity index (χ0n) is 35.9. The van der Waals surface area contributed by atoms with Gasteiger partial charge in [0.2, 0.25) is 11.8 Å². The van der Waals surface area contributed by atoms with Crippen LogP contribution in [0, 0.1) is 0 Å².